The normalized spacial score (nSPS) is 27.0. The molecule has 13 heavy (non-hydrogen) atoms. The molecule has 1 unspecified atom stereocenters. The molecule has 0 aliphatic heterocycles. The molecule has 0 aromatic heterocycles. The topological polar surface area (TPSA) is 21.3 Å². The quantitative estimate of drug-likeness (QED) is 0.680. The van der Waals surface area contributed by atoms with E-state index in [-0.39, 0.29) is 0 Å². The minimum Gasteiger partial charge on any atom is -0.301 e. The van der Waals surface area contributed by atoms with Crippen LogP contribution in [0.4, 0.5) is 0 Å². The summed E-state index contributed by atoms with van der Waals surface area (Å²) in [4.78, 5) is 5.42. The van der Waals surface area contributed by atoms with Crippen LogP contribution >= 0.6 is 0 Å². The van der Waals surface area contributed by atoms with Gasteiger partial charge in [-0.3, -0.25) is 0 Å². The van der Waals surface area contributed by atoms with E-state index in [1.165, 1.54) is 19.3 Å². The Labute approximate surface area is 82.0 Å². The SMILES string of the molecule is CC(C)CONC1CCC(C)(C)C1. The molecule has 1 rings (SSSR count). The Hall–Kier alpha value is -0.0800. The van der Waals surface area contributed by atoms with Crippen molar-refractivity contribution in [2.24, 2.45) is 11.3 Å². The van der Waals surface area contributed by atoms with Crippen LogP contribution in [0.15, 0.2) is 0 Å². The van der Waals surface area contributed by atoms with E-state index in [2.05, 4.69) is 33.2 Å². The van der Waals surface area contributed by atoms with Gasteiger partial charge in [0.15, 0.2) is 0 Å². The molecule has 0 radical (unpaired) electrons. The van der Waals surface area contributed by atoms with Gasteiger partial charge in [-0.2, -0.15) is 5.48 Å². The first-order valence-corrected chi connectivity index (χ1v) is 5.37. The van der Waals surface area contributed by atoms with E-state index in [1.54, 1.807) is 0 Å². The third-order valence-corrected chi connectivity index (χ3v) is 2.64. The molecule has 0 saturated heterocycles. The maximum Gasteiger partial charge on any atom is 0.0705 e. The average Bonchev–Trinajstić information content (AvgIpc) is 2.29. The fourth-order valence-electron chi connectivity index (χ4n) is 1.87. The second kappa shape index (κ2) is 4.43. The molecule has 0 aromatic rings. The lowest BCUT2D eigenvalue weighted by Gasteiger charge is -2.18. The predicted octanol–water partition coefficient (Wildman–Crippen LogP) is 2.74. The highest BCUT2D eigenvalue weighted by molar-refractivity contribution is 4.84. The van der Waals surface area contributed by atoms with Gasteiger partial charge in [-0.05, 0) is 30.6 Å². The van der Waals surface area contributed by atoms with Crippen LogP contribution in [0.2, 0.25) is 0 Å². The largest absolute Gasteiger partial charge is 0.301 e. The van der Waals surface area contributed by atoms with Crippen LogP contribution in [0.3, 0.4) is 0 Å². The van der Waals surface area contributed by atoms with Crippen molar-refractivity contribution in [1.29, 1.82) is 0 Å². The summed E-state index contributed by atoms with van der Waals surface area (Å²) in [5, 5.41) is 0. The molecule has 1 N–H and O–H groups in total. The fourth-order valence-corrected chi connectivity index (χ4v) is 1.87. The van der Waals surface area contributed by atoms with Gasteiger partial charge in [0.25, 0.3) is 0 Å². The molecule has 2 nitrogen and oxygen atoms in total. The number of nitrogens with one attached hydrogen (secondary N) is 1. The summed E-state index contributed by atoms with van der Waals surface area (Å²) in [5.74, 6) is 0.613. The van der Waals surface area contributed by atoms with Crippen LogP contribution in [-0.4, -0.2) is 12.6 Å². The molecule has 0 amide bonds. The molecule has 0 bridgehead atoms. The van der Waals surface area contributed by atoms with Crippen molar-refractivity contribution >= 4 is 0 Å². The Balaban J connectivity index is 2.11. The van der Waals surface area contributed by atoms with E-state index in [4.69, 9.17) is 4.84 Å². The van der Waals surface area contributed by atoms with E-state index in [0.717, 1.165) is 6.61 Å². The fraction of sp³-hybridized carbons (Fsp3) is 1.00. The number of hydrogen-bond acceptors (Lipinski definition) is 2. The Morgan fingerprint density at radius 1 is 1.46 bits per heavy atom. The second-order valence-electron chi connectivity index (χ2n) is 5.43. The van der Waals surface area contributed by atoms with E-state index in [1.807, 2.05) is 0 Å². The van der Waals surface area contributed by atoms with Crippen LogP contribution in [0.25, 0.3) is 0 Å². The summed E-state index contributed by atoms with van der Waals surface area (Å²) in [5.41, 5.74) is 3.68. The van der Waals surface area contributed by atoms with Gasteiger partial charge in [0.1, 0.15) is 0 Å². The predicted molar refractivity (Wildman–Crippen MR) is 55.3 cm³/mol. The van der Waals surface area contributed by atoms with Crippen LogP contribution in [-0.2, 0) is 4.84 Å². The van der Waals surface area contributed by atoms with Crippen molar-refractivity contribution in [2.75, 3.05) is 6.61 Å². The van der Waals surface area contributed by atoms with Gasteiger partial charge in [-0.15, -0.1) is 0 Å². The van der Waals surface area contributed by atoms with Gasteiger partial charge in [-0.25, -0.2) is 0 Å². The third kappa shape index (κ3) is 4.10. The molecule has 1 atom stereocenters. The first-order chi connectivity index (χ1) is 5.99. The monoisotopic (exact) mass is 185 g/mol. The molecule has 0 spiro atoms. The minimum atomic E-state index is 0.513. The summed E-state index contributed by atoms with van der Waals surface area (Å²) in [6, 6.07) is 0.578. The summed E-state index contributed by atoms with van der Waals surface area (Å²) in [6.45, 7) is 9.81. The molecule has 2 heteroatoms. The van der Waals surface area contributed by atoms with Gasteiger partial charge < -0.3 is 4.84 Å². The third-order valence-electron chi connectivity index (χ3n) is 2.64. The van der Waals surface area contributed by atoms with E-state index in [9.17, 15) is 0 Å². The molecule has 0 aromatic carbocycles. The molecular formula is C11H23NO. The maximum atomic E-state index is 5.42. The lowest BCUT2D eigenvalue weighted by molar-refractivity contribution is 0.000438. The number of hydrogen-bond donors (Lipinski definition) is 1. The standard InChI is InChI=1S/C11H23NO/c1-9(2)8-13-12-10-5-6-11(3,4)7-10/h9-10,12H,5-8H2,1-4H3. The first kappa shape index (κ1) is 11.0. The van der Waals surface area contributed by atoms with Crippen molar-refractivity contribution in [1.82, 2.24) is 5.48 Å². The highest BCUT2D eigenvalue weighted by Gasteiger charge is 2.30. The highest BCUT2D eigenvalue weighted by atomic mass is 16.6. The zero-order valence-electron chi connectivity index (χ0n) is 9.39. The van der Waals surface area contributed by atoms with Crippen molar-refractivity contribution in [2.45, 2.75) is 53.0 Å². The second-order valence-corrected chi connectivity index (χ2v) is 5.43. The maximum absolute atomic E-state index is 5.42. The summed E-state index contributed by atoms with van der Waals surface area (Å²) >= 11 is 0. The van der Waals surface area contributed by atoms with Gasteiger partial charge in [0.05, 0.1) is 6.61 Å². The van der Waals surface area contributed by atoms with E-state index in [0.29, 0.717) is 17.4 Å². The van der Waals surface area contributed by atoms with Crippen LogP contribution in [0, 0.1) is 11.3 Å². The minimum absolute atomic E-state index is 0.513. The van der Waals surface area contributed by atoms with Gasteiger partial charge >= 0.3 is 0 Å². The lowest BCUT2D eigenvalue weighted by Crippen LogP contribution is -2.29. The van der Waals surface area contributed by atoms with Crippen molar-refractivity contribution in [3.8, 4) is 0 Å². The zero-order chi connectivity index (χ0) is 9.90. The Morgan fingerprint density at radius 3 is 2.62 bits per heavy atom. The van der Waals surface area contributed by atoms with Crippen molar-refractivity contribution < 1.29 is 4.84 Å². The number of rotatable bonds is 4. The molecule has 78 valence electrons. The van der Waals surface area contributed by atoms with Crippen LogP contribution < -0.4 is 5.48 Å². The lowest BCUT2D eigenvalue weighted by atomic mass is 9.92. The Kier molecular flexibility index (Phi) is 3.74. The molecule has 0 heterocycles. The molecular weight excluding hydrogens is 162 g/mol. The average molecular weight is 185 g/mol. The summed E-state index contributed by atoms with van der Waals surface area (Å²) < 4.78 is 0. The van der Waals surface area contributed by atoms with Crippen LogP contribution in [0.5, 0.6) is 0 Å². The zero-order valence-corrected chi connectivity index (χ0v) is 9.39. The number of hydroxylamine groups is 1. The van der Waals surface area contributed by atoms with Gasteiger partial charge in [0, 0.05) is 6.04 Å². The van der Waals surface area contributed by atoms with Gasteiger partial charge in [-0.1, -0.05) is 27.7 Å². The summed E-state index contributed by atoms with van der Waals surface area (Å²) in [6.07, 6.45) is 3.81. The molecule has 1 aliphatic carbocycles. The van der Waals surface area contributed by atoms with E-state index >= 15 is 0 Å². The first-order valence-electron chi connectivity index (χ1n) is 5.37. The Bertz CT molecular complexity index is 154. The smallest absolute Gasteiger partial charge is 0.0705 e. The Morgan fingerprint density at radius 2 is 2.15 bits per heavy atom. The van der Waals surface area contributed by atoms with Gasteiger partial charge in [0.2, 0.25) is 0 Å². The molecule has 1 saturated carbocycles. The van der Waals surface area contributed by atoms with Crippen LogP contribution in [0.1, 0.15) is 47.0 Å². The molecule has 1 fully saturated rings. The summed E-state index contributed by atoms with van der Waals surface area (Å²) in [7, 11) is 0. The van der Waals surface area contributed by atoms with Crippen molar-refractivity contribution in [3.05, 3.63) is 0 Å². The van der Waals surface area contributed by atoms with Crippen molar-refractivity contribution in [3.63, 3.8) is 0 Å². The van der Waals surface area contributed by atoms with E-state index < -0.39 is 0 Å². The molecule has 1 aliphatic rings. The highest BCUT2D eigenvalue weighted by Crippen LogP contribution is 2.36.